The van der Waals surface area contributed by atoms with E-state index in [1.165, 1.54) is 0 Å². The largest absolute Gasteiger partial charge is 0.366 e. The van der Waals surface area contributed by atoms with E-state index < -0.39 is 5.91 Å². The Bertz CT molecular complexity index is 510. The summed E-state index contributed by atoms with van der Waals surface area (Å²) in [7, 11) is 0. The van der Waals surface area contributed by atoms with Crippen LogP contribution in [-0.4, -0.2) is 10.9 Å². The van der Waals surface area contributed by atoms with Crippen LogP contribution in [0.2, 0.25) is 0 Å². The standard InChI is InChI=1S/C10H7BrN2O/c11-8-4-7-3-6(10(12)14)1-2-9(7)13-5-8/h1-5H,(H2,12,14). The first-order chi connectivity index (χ1) is 6.66. The van der Waals surface area contributed by atoms with Crippen molar-refractivity contribution in [2.75, 3.05) is 0 Å². The van der Waals surface area contributed by atoms with Crippen molar-refractivity contribution in [2.45, 2.75) is 0 Å². The number of primary amides is 1. The third-order valence-corrected chi connectivity index (χ3v) is 2.37. The number of pyridine rings is 1. The van der Waals surface area contributed by atoms with Crippen LogP contribution in [0.25, 0.3) is 10.9 Å². The number of amides is 1. The number of aromatic nitrogens is 1. The van der Waals surface area contributed by atoms with Crippen LogP contribution in [0.3, 0.4) is 0 Å². The number of rotatable bonds is 1. The summed E-state index contributed by atoms with van der Waals surface area (Å²) in [6.07, 6.45) is 1.71. The number of hydrogen-bond donors (Lipinski definition) is 1. The molecule has 0 aliphatic heterocycles. The maximum Gasteiger partial charge on any atom is 0.248 e. The minimum atomic E-state index is -0.424. The molecule has 1 amide bonds. The predicted molar refractivity (Wildman–Crippen MR) is 58.0 cm³/mol. The lowest BCUT2D eigenvalue weighted by Crippen LogP contribution is -2.10. The third-order valence-electron chi connectivity index (χ3n) is 1.93. The molecule has 0 fully saturated rings. The molecule has 2 N–H and O–H groups in total. The minimum absolute atomic E-state index is 0.424. The smallest absolute Gasteiger partial charge is 0.248 e. The topological polar surface area (TPSA) is 56.0 Å². The molecule has 0 radical (unpaired) electrons. The summed E-state index contributed by atoms with van der Waals surface area (Å²) in [5.74, 6) is -0.424. The fraction of sp³-hybridized carbons (Fsp3) is 0. The number of halogens is 1. The first-order valence-corrected chi connectivity index (χ1v) is 4.81. The average molecular weight is 251 g/mol. The van der Waals surface area contributed by atoms with Crippen molar-refractivity contribution < 1.29 is 4.79 Å². The zero-order valence-corrected chi connectivity index (χ0v) is 8.78. The quantitative estimate of drug-likeness (QED) is 0.843. The molecule has 1 aromatic heterocycles. The van der Waals surface area contributed by atoms with Gasteiger partial charge >= 0.3 is 0 Å². The molecule has 0 saturated heterocycles. The van der Waals surface area contributed by atoms with Crippen molar-refractivity contribution in [3.05, 3.63) is 40.5 Å². The summed E-state index contributed by atoms with van der Waals surface area (Å²) < 4.78 is 0.881. The summed E-state index contributed by atoms with van der Waals surface area (Å²) in [6.45, 7) is 0. The van der Waals surface area contributed by atoms with E-state index in [-0.39, 0.29) is 0 Å². The summed E-state index contributed by atoms with van der Waals surface area (Å²) in [5.41, 5.74) is 6.51. The Balaban J connectivity index is 2.69. The molecular weight excluding hydrogens is 244 g/mol. The fourth-order valence-corrected chi connectivity index (χ4v) is 1.61. The lowest BCUT2D eigenvalue weighted by Gasteiger charge is -1.99. The van der Waals surface area contributed by atoms with Gasteiger partial charge in [-0.15, -0.1) is 0 Å². The van der Waals surface area contributed by atoms with Gasteiger partial charge in [-0.05, 0) is 40.2 Å². The Morgan fingerprint density at radius 1 is 1.36 bits per heavy atom. The van der Waals surface area contributed by atoms with Crippen LogP contribution in [0.4, 0.5) is 0 Å². The van der Waals surface area contributed by atoms with Gasteiger partial charge in [0.05, 0.1) is 5.52 Å². The molecule has 1 heterocycles. The molecule has 2 rings (SSSR count). The van der Waals surface area contributed by atoms with Gasteiger partial charge in [0, 0.05) is 21.6 Å². The van der Waals surface area contributed by atoms with Gasteiger partial charge in [-0.3, -0.25) is 9.78 Å². The van der Waals surface area contributed by atoms with Crippen molar-refractivity contribution in [3.63, 3.8) is 0 Å². The third kappa shape index (κ3) is 1.61. The lowest BCUT2D eigenvalue weighted by molar-refractivity contribution is 0.100. The maximum absolute atomic E-state index is 10.9. The molecule has 0 saturated carbocycles. The van der Waals surface area contributed by atoms with Crippen LogP contribution >= 0.6 is 15.9 Å². The Hall–Kier alpha value is -1.42. The highest BCUT2D eigenvalue weighted by Crippen LogP contribution is 2.18. The number of fused-ring (bicyclic) bond motifs is 1. The minimum Gasteiger partial charge on any atom is -0.366 e. The Kier molecular flexibility index (Phi) is 2.21. The van der Waals surface area contributed by atoms with Crippen molar-refractivity contribution in [1.82, 2.24) is 4.98 Å². The zero-order valence-electron chi connectivity index (χ0n) is 7.20. The SMILES string of the molecule is NC(=O)c1ccc2ncc(Br)cc2c1. The maximum atomic E-state index is 10.9. The second-order valence-electron chi connectivity index (χ2n) is 2.93. The summed E-state index contributed by atoms with van der Waals surface area (Å²) in [6, 6.07) is 7.08. The van der Waals surface area contributed by atoms with Crippen molar-refractivity contribution in [2.24, 2.45) is 5.73 Å². The average Bonchev–Trinajstić information content (AvgIpc) is 2.16. The molecule has 0 aliphatic rings. The van der Waals surface area contributed by atoms with Gasteiger partial charge in [-0.1, -0.05) is 0 Å². The molecule has 0 atom stereocenters. The van der Waals surface area contributed by atoms with Gasteiger partial charge < -0.3 is 5.73 Å². The van der Waals surface area contributed by atoms with Gasteiger partial charge in [-0.25, -0.2) is 0 Å². The predicted octanol–water partition coefficient (Wildman–Crippen LogP) is 2.10. The van der Waals surface area contributed by atoms with Gasteiger partial charge in [0.1, 0.15) is 0 Å². The van der Waals surface area contributed by atoms with Crippen LogP contribution in [0.1, 0.15) is 10.4 Å². The highest BCUT2D eigenvalue weighted by atomic mass is 79.9. The molecule has 4 heteroatoms. The van der Waals surface area contributed by atoms with E-state index in [0.29, 0.717) is 5.56 Å². The molecule has 14 heavy (non-hydrogen) atoms. The van der Waals surface area contributed by atoms with E-state index in [4.69, 9.17) is 5.73 Å². The number of nitrogens with two attached hydrogens (primary N) is 1. The van der Waals surface area contributed by atoms with Gasteiger partial charge in [0.15, 0.2) is 0 Å². The summed E-state index contributed by atoms with van der Waals surface area (Å²) in [4.78, 5) is 15.1. The number of carbonyl (C=O) groups is 1. The molecule has 0 unspecified atom stereocenters. The molecular formula is C10H7BrN2O. The highest BCUT2D eigenvalue weighted by molar-refractivity contribution is 9.10. The number of nitrogens with zero attached hydrogens (tertiary/aromatic N) is 1. The van der Waals surface area contributed by atoms with Crippen molar-refractivity contribution >= 4 is 32.7 Å². The summed E-state index contributed by atoms with van der Waals surface area (Å²) in [5, 5.41) is 0.899. The molecule has 2 aromatic rings. The molecule has 0 bridgehead atoms. The normalized spacial score (nSPS) is 10.4. The molecule has 0 spiro atoms. The van der Waals surface area contributed by atoms with Crippen LogP contribution in [0.5, 0.6) is 0 Å². The highest BCUT2D eigenvalue weighted by Gasteiger charge is 2.02. The zero-order chi connectivity index (χ0) is 10.1. The Morgan fingerprint density at radius 2 is 2.14 bits per heavy atom. The number of benzene rings is 1. The first-order valence-electron chi connectivity index (χ1n) is 4.02. The Labute approximate surface area is 89.1 Å². The van der Waals surface area contributed by atoms with E-state index in [1.54, 1.807) is 24.4 Å². The van der Waals surface area contributed by atoms with E-state index in [1.807, 2.05) is 6.07 Å². The second-order valence-corrected chi connectivity index (χ2v) is 3.84. The lowest BCUT2D eigenvalue weighted by atomic mass is 10.1. The van der Waals surface area contributed by atoms with Crippen LogP contribution < -0.4 is 5.73 Å². The van der Waals surface area contributed by atoms with E-state index in [2.05, 4.69) is 20.9 Å². The van der Waals surface area contributed by atoms with Crippen LogP contribution in [-0.2, 0) is 0 Å². The van der Waals surface area contributed by atoms with E-state index in [0.717, 1.165) is 15.4 Å². The van der Waals surface area contributed by atoms with Crippen LogP contribution in [0, 0.1) is 0 Å². The fourth-order valence-electron chi connectivity index (χ4n) is 1.26. The first kappa shape index (κ1) is 9.15. The molecule has 70 valence electrons. The number of carbonyl (C=O) groups excluding carboxylic acids is 1. The molecule has 0 aliphatic carbocycles. The molecule has 3 nitrogen and oxygen atoms in total. The van der Waals surface area contributed by atoms with Crippen molar-refractivity contribution in [1.29, 1.82) is 0 Å². The monoisotopic (exact) mass is 250 g/mol. The van der Waals surface area contributed by atoms with Gasteiger partial charge in [0.2, 0.25) is 5.91 Å². The molecule has 1 aromatic carbocycles. The summed E-state index contributed by atoms with van der Waals surface area (Å²) >= 11 is 3.32. The van der Waals surface area contributed by atoms with Crippen LogP contribution in [0.15, 0.2) is 34.9 Å². The van der Waals surface area contributed by atoms with Gasteiger partial charge in [-0.2, -0.15) is 0 Å². The van der Waals surface area contributed by atoms with E-state index in [9.17, 15) is 4.79 Å². The Morgan fingerprint density at radius 3 is 2.86 bits per heavy atom. The number of hydrogen-bond acceptors (Lipinski definition) is 2. The second kappa shape index (κ2) is 3.38. The van der Waals surface area contributed by atoms with E-state index >= 15 is 0 Å². The van der Waals surface area contributed by atoms with Crippen molar-refractivity contribution in [3.8, 4) is 0 Å². The van der Waals surface area contributed by atoms with Gasteiger partial charge in [0.25, 0.3) is 0 Å².